The van der Waals surface area contributed by atoms with Crippen LogP contribution in [0, 0.1) is 12.8 Å². The molecule has 2 aromatic carbocycles. The van der Waals surface area contributed by atoms with Gasteiger partial charge in [0.05, 0.1) is 25.6 Å². The van der Waals surface area contributed by atoms with Gasteiger partial charge in [-0.25, -0.2) is 0 Å². The second-order valence-electron chi connectivity index (χ2n) is 10.5. The van der Waals surface area contributed by atoms with Crippen LogP contribution in [0.5, 0.6) is 11.5 Å². The SMILES string of the molecule is COc1ccc2c(c1)C(NC(=O)C1CCCN(Cc3nc(-c4cccc(C)c4)no3)C1)CC(C)(C)O2. The number of benzene rings is 2. The monoisotopic (exact) mass is 490 g/mol. The van der Waals surface area contributed by atoms with Crippen LogP contribution in [0.4, 0.5) is 0 Å². The molecule has 3 aromatic rings. The van der Waals surface area contributed by atoms with Crippen molar-refractivity contribution in [3.05, 3.63) is 59.5 Å². The number of ether oxygens (including phenoxy) is 2. The molecule has 1 N–H and O–H groups in total. The van der Waals surface area contributed by atoms with Gasteiger partial charge < -0.3 is 19.3 Å². The summed E-state index contributed by atoms with van der Waals surface area (Å²) in [7, 11) is 1.65. The quantitative estimate of drug-likeness (QED) is 0.536. The van der Waals surface area contributed by atoms with E-state index in [4.69, 9.17) is 14.0 Å². The molecule has 8 heteroatoms. The molecule has 2 atom stereocenters. The van der Waals surface area contributed by atoms with E-state index in [9.17, 15) is 4.79 Å². The lowest BCUT2D eigenvalue weighted by Gasteiger charge is -2.39. The highest BCUT2D eigenvalue weighted by molar-refractivity contribution is 5.79. The number of likely N-dealkylation sites (tertiary alicyclic amines) is 1. The molecule has 0 spiro atoms. The van der Waals surface area contributed by atoms with Crippen LogP contribution in [0.3, 0.4) is 0 Å². The number of nitrogens with one attached hydrogen (secondary N) is 1. The Bertz CT molecular complexity index is 1240. The molecule has 0 radical (unpaired) electrons. The van der Waals surface area contributed by atoms with Crippen molar-refractivity contribution in [2.45, 2.75) is 58.2 Å². The number of rotatable bonds is 6. The normalized spacial score (nSPS) is 21.3. The first kappa shape index (κ1) is 24.3. The predicted molar refractivity (Wildman–Crippen MR) is 136 cm³/mol. The van der Waals surface area contributed by atoms with E-state index in [-0.39, 0.29) is 23.5 Å². The summed E-state index contributed by atoms with van der Waals surface area (Å²) in [4.78, 5) is 20.2. The van der Waals surface area contributed by atoms with Gasteiger partial charge in [-0.2, -0.15) is 4.98 Å². The third-order valence-electron chi connectivity index (χ3n) is 6.97. The molecule has 1 fully saturated rings. The van der Waals surface area contributed by atoms with Crippen LogP contribution in [0.1, 0.15) is 56.2 Å². The zero-order valence-electron chi connectivity index (χ0n) is 21.4. The molecule has 2 aliphatic heterocycles. The van der Waals surface area contributed by atoms with Crippen molar-refractivity contribution in [3.63, 3.8) is 0 Å². The second-order valence-corrected chi connectivity index (χ2v) is 10.5. The fourth-order valence-electron chi connectivity index (χ4n) is 5.20. The number of aromatic nitrogens is 2. The summed E-state index contributed by atoms with van der Waals surface area (Å²) in [5.41, 5.74) is 2.68. The van der Waals surface area contributed by atoms with Crippen molar-refractivity contribution < 1.29 is 18.8 Å². The highest BCUT2D eigenvalue weighted by Crippen LogP contribution is 2.41. The van der Waals surface area contributed by atoms with Gasteiger partial charge in [-0.15, -0.1) is 0 Å². The van der Waals surface area contributed by atoms with Gasteiger partial charge in [-0.1, -0.05) is 28.9 Å². The number of hydrogen-bond acceptors (Lipinski definition) is 7. The zero-order valence-corrected chi connectivity index (χ0v) is 21.4. The van der Waals surface area contributed by atoms with Crippen LogP contribution in [-0.4, -0.2) is 46.7 Å². The molecule has 1 amide bonds. The minimum absolute atomic E-state index is 0.0714. The van der Waals surface area contributed by atoms with Gasteiger partial charge in [0.2, 0.25) is 17.6 Å². The number of piperidine rings is 1. The Morgan fingerprint density at radius 1 is 1.25 bits per heavy atom. The van der Waals surface area contributed by atoms with E-state index >= 15 is 0 Å². The first-order valence-corrected chi connectivity index (χ1v) is 12.6. The van der Waals surface area contributed by atoms with Crippen LogP contribution in [0.2, 0.25) is 0 Å². The smallest absolute Gasteiger partial charge is 0.241 e. The maximum atomic E-state index is 13.4. The Morgan fingerprint density at radius 3 is 2.92 bits per heavy atom. The largest absolute Gasteiger partial charge is 0.497 e. The molecule has 190 valence electrons. The maximum Gasteiger partial charge on any atom is 0.241 e. The minimum Gasteiger partial charge on any atom is -0.497 e. The fourth-order valence-corrected chi connectivity index (χ4v) is 5.20. The number of carbonyl (C=O) groups excluding carboxylic acids is 1. The van der Waals surface area contributed by atoms with E-state index in [0.29, 0.717) is 31.2 Å². The van der Waals surface area contributed by atoms with E-state index in [1.165, 1.54) is 0 Å². The van der Waals surface area contributed by atoms with Gasteiger partial charge in [0, 0.05) is 24.1 Å². The molecular formula is C28H34N4O4. The number of amides is 1. The number of methoxy groups -OCH3 is 1. The van der Waals surface area contributed by atoms with E-state index in [1.807, 2.05) is 49.4 Å². The zero-order chi connectivity index (χ0) is 25.3. The Morgan fingerprint density at radius 2 is 2.11 bits per heavy atom. The molecule has 1 aromatic heterocycles. The Labute approximate surface area is 212 Å². The van der Waals surface area contributed by atoms with Crippen molar-refractivity contribution in [2.75, 3.05) is 20.2 Å². The van der Waals surface area contributed by atoms with Crippen molar-refractivity contribution in [1.82, 2.24) is 20.4 Å². The molecule has 36 heavy (non-hydrogen) atoms. The summed E-state index contributed by atoms with van der Waals surface area (Å²) >= 11 is 0. The lowest BCUT2D eigenvalue weighted by Crippen LogP contribution is -2.46. The number of carbonyl (C=O) groups is 1. The van der Waals surface area contributed by atoms with Crippen molar-refractivity contribution >= 4 is 5.91 Å². The van der Waals surface area contributed by atoms with Gasteiger partial charge in [0.25, 0.3) is 0 Å². The van der Waals surface area contributed by atoms with Crippen LogP contribution < -0.4 is 14.8 Å². The fraction of sp³-hybridized carbons (Fsp3) is 0.464. The number of fused-ring (bicyclic) bond motifs is 1. The summed E-state index contributed by atoms with van der Waals surface area (Å²) < 4.78 is 17.1. The highest BCUT2D eigenvalue weighted by Gasteiger charge is 2.36. The summed E-state index contributed by atoms with van der Waals surface area (Å²) in [5.74, 6) is 2.68. The standard InChI is InChI=1S/C28H34N4O4/c1-18-7-5-8-19(13-18)26-30-25(36-31-26)17-32-12-6-9-20(16-32)27(33)29-23-15-28(2,3)35-24-11-10-21(34-4)14-22(23)24/h5,7-8,10-11,13-14,20,23H,6,9,12,15-17H2,1-4H3,(H,29,33). The van der Waals surface area contributed by atoms with Gasteiger partial charge in [0.1, 0.15) is 17.1 Å². The molecule has 0 bridgehead atoms. The summed E-state index contributed by atoms with van der Waals surface area (Å²) in [6.45, 7) is 8.24. The number of nitrogens with zero attached hydrogens (tertiary/aromatic N) is 3. The summed E-state index contributed by atoms with van der Waals surface area (Å²) in [6.07, 6.45) is 2.50. The third kappa shape index (κ3) is 5.38. The summed E-state index contributed by atoms with van der Waals surface area (Å²) in [6, 6.07) is 13.7. The molecule has 5 rings (SSSR count). The molecule has 8 nitrogen and oxygen atoms in total. The van der Waals surface area contributed by atoms with Crippen molar-refractivity contribution in [2.24, 2.45) is 5.92 Å². The molecule has 3 heterocycles. The number of hydrogen-bond donors (Lipinski definition) is 1. The van der Waals surface area contributed by atoms with Gasteiger partial charge in [-0.3, -0.25) is 9.69 Å². The third-order valence-corrected chi connectivity index (χ3v) is 6.97. The van der Waals surface area contributed by atoms with Crippen LogP contribution in [-0.2, 0) is 11.3 Å². The predicted octanol–water partition coefficient (Wildman–Crippen LogP) is 4.68. The summed E-state index contributed by atoms with van der Waals surface area (Å²) in [5, 5.41) is 7.47. The Kier molecular flexibility index (Phi) is 6.71. The average molecular weight is 491 g/mol. The minimum atomic E-state index is -0.370. The van der Waals surface area contributed by atoms with E-state index < -0.39 is 0 Å². The Hall–Kier alpha value is -3.39. The molecule has 0 aliphatic carbocycles. The highest BCUT2D eigenvalue weighted by atomic mass is 16.5. The molecule has 2 unspecified atom stereocenters. The van der Waals surface area contributed by atoms with E-state index in [1.54, 1.807) is 7.11 Å². The first-order chi connectivity index (χ1) is 17.3. The van der Waals surface area contributed by atoms with Crippen molar-refractivity contribution in [3.8, 4) is 22.9 Å². The van der Waals surface area contributed by atoms with E-state index in [0.717, 1.165) is 47.6 Å². The van der Waals surface area contributed by atoms with Crippen LogP contribution >= 0.6 is 0 Å². The molecule has 1 saturated heterocycles. The van der Waals surface area contributed by atoms with Gasteiger partial charge >= 0.3 is 0 Å². The topological polar surface area (TPSA) is 89.7 Å². The van der Waals surface area contributed by atoms with Crippen LogP contribution in [0.15, 0.2) is 47.0 Å². The van der Waals surface area contributed by atoms with Gasteiger partial charge in [0.15, 0.2) is 0 Å². The van der Waals surface area contributed by atoms with E-state index in [2.05, 4.69) is 34.2 Å². The molecular weight excluding hydrogens is 456 g/mol. The average Bonchev–Trinajstić information content (AvgIpc) is 3.32. The second kappa shape index (κ2) is 9.93. The van der Waals surface area contributed by atoms with Gasteiger partial charge in [-0.05, 0) is 64.4 Å². The number of aryl methyl sites for hydroxylation is 1. The molecule has 0 saturated carbocycles. The Balaban J connectivity index is 1.24. The van der Waals surface area contributed by atoms with Crippen molar-refractivity contribution in [1.29, 1.82) is 0 Å². The first-order valence-electron chi connectivity index (χ1n) is 12.6. The van der Waals surface area contributed by atoms with Crippen LogP contribution in [0.25, 0.3) is 11.4 Å². The molecule has 2 aliphatic rings. The lowest BCUT2D eigenvalue weighted by atomic mass is 9.88. The maximum absolute atomic E-state index is 13.4. The lowest BCUT2D eigenvalue weighted by molar-refractivity contribution is -0.128.